The first-order chi connectivity index (χ1) is 7.79. The van der Waals surface area contributed by atoms with Crippen molar-refractivity contribution in [2.75, 3.05) is 18.4 Å². The maximum atomic E-state index is 11.4. The van der Waals surface area contributed by atoms with Crippen LogP contribution in [0.5, 0.6) is 0 Å². The van der Waals surface area contributed by atoms with Crippen molar-refractivity contribution in [2.24, 2.45) is 0 Å². The van der Waals surface area contributed by atoms with Crippen molar-refractivity contribution in [1.82, 2.24) is 15.5 Å². The Morgan fingerprint density at radius 2 is 2.31 bits per heavy atom. The van der Waals surface area contributed by atoms with Crippen LogP contribution in [0.2, 0.25) is 0 Å². The number of hydrogen-bond donors (Lipinski definition) is 2. The number of hydrogen-bond acceptors (Lipinski definition) is 5. The van der Waals surface area contributed by atoms with Gasteiger partial charge in [0.05, 0.1) is 0 Å². The molecule has 0 aromatic carbocycles. The van der Waals surface area contributed by atoms with Gasteiger partial charge < -0.3 is 9.73 Å². The van der Waals surface area contributed by atoms with Crippen LogP contribution >= 0.6 is 0 Å². The predicted octanol–water partition coefficient (Wildman–Crippen LogP) is 0.885. The number of rotatable bonds is 6. The van der Waals surface area contributed by atoms with Crippen LogP contribution in [0.3, 0.4) is 0 Å². The maximum absolute atomic E-state index is 11.4. The van der Waals surface area contributed by atoms with Crippen LogP contribution < -0.4 is 10.6 Å². The summed E-state index contributed by atoms with van der Waals surface area (Å²) in [6, 6.07) is 0.211. The van der Waals surface area contributed by atoms with Crippen LogP contribution in [-0.2, 0) is 4.79 Å². The van der Waals surface area contributed by atoms with Gasteiger partial charge in [-0.05, 0) is 19.4 Å². The van der Waals surface area contributed by atoms with E-state index >= 15 is 0 Å². The highest BCUT2D eigenvalue weighted by Crippen LogP contribution is 2.39. The summed E-state index contributed by atoms with van der Waals surface area (Å²) >= 11 is 0. The molecule has 0 radical (unpaired) electrons. The number of carbonyl (C=O) groups is 1. The SMILES string of the molecule is CCNCCC(=O)Nc1nnc(C2CC2)o1. The molecular weight excluding hydrogens is 208 g/mol. The van der Waals surface area contributed by atoms with Crippen LogP contribution in [0.4, 0.5) is 6.01 Å². The van der Waals surface area contributed by atoms with Crippen molar-refractivity contribution in [1.29, 1.82) is 0 Å². The molecule has 1 amide bonds. The van der Waals surface area contributed by atoms with E-state index in [1.807, 2.05) is 6.92 Å². The third kappa shape index (κ3) is 3.03. The summed E-state index contributed by atoms with van der Waals surface area (Å²) < 4.78 is 5.31. The fraction of sp³-hybridized carbons (Fsp3) is 0.700. The lowest BCUT2D eigenvalue weighted by atomic mass is 10.4. The molecule has 0 unspecified atom stereocenters. The molecule has 6 nitrogen and oxygen atoms in total. The Morgan fingerprint density at radius 1 is 1.50 bits per heavy atom. The van der Waals surface area contributed by atoms with Crippen LogP contribution in [0, 0.1) is 0 Å². The van der Waals surface area contributed by atoms with Gasteiger partial charge in [0.25, 0.3) is 0 Å². The molecule has 16 heavy (non-hydrogen) atoms. The average molecular weight is 224 g/mol. The predicted molar refractivity (Wildman–Crippen MR) is 58.1 cm³/mol. The highest BCUT2D eigenvalue weighted by Gasteiger charge is 2.29. The second-order valence-electron chi connectivity index (χ2n) is 3.87. The van der Waals surface area contributed by atoms with E-state index in [-0.39, 0.29) is 11.9 Å². The van der Waals surface area contributed by atoms with Gasteiger partial charge in [-0.3, -0.25) is 10.1 Å². The molecule has 0 spiro atoms. The average Bonchev–Trinajstić information content (AvgIpc) is 3.01. The molecule has 2 rings (SSSR count). The number of carbonyl (C=O) groups excluding carboxylic acids is 1. The van der Waals surface area contributed by atoms with E-state index in [2.05, 4.69) is 20.8 Å². The second-order valence-corrected chi connectivity index (χ2v) is 3.87. The number of amides is 1. The first-order valence-corrected chi connectivity index (χ1v) is 5.63. The zero-order valence-corrected chi connectivity index (χ0v) is 9.32. The standard InChI is InChI=1S/C10H16N4O2/c1-2-11-6-5-8(15)12-10-14-13-9(16-10)7-3-4-7/h7,11H,2-6H2,1H3,(H,12,14,15). The van der Waals surface area contributed by atoms with Crippen LogP contribution in [0.15, 0.2) is 4.42 Å². The highest BCUT2D eigenvalue weighted by atomic mass is 16.4. The van der Waals surface area contributed by atoms with Crippen molar-refractivity contribution in [3.05, 3.63) is 5.89 Å². The molecule has 1 fully saturated rings. The molecule has 1 saturated carbocycles. The number of nitrogens with one attached hydrogen (secondary N) is 2. The molecule has 0 saturated heterocycles. The van der Waals surface area contributed by atoms with E-state index in [4.69, 9.17) is 4.42 Å². The minimum atomic E-state index is -0.105. The van der Waals surface area contributed by atoms with Crippen LogP contribution in [-0.4, -0.2) is 29.2 Å². The zero-order chi connectivity index (χ0) is 11.4. The molecule has 1 aliphatic rings. The molecular formula is C10H16N4O2. The van der Waals surface area contributed by atoms with E-state index in [1.54, 1.807) is 0 Å². The van der Waals surface area contributed by atoms with E-state index in [1.165, 1.54) is 0 Å². The van der Waals surface area contributed by atoms with Crippen LogP contribution in [0.1, 0.15) is 38.0 Å². The molecule has 0 atom stereocenters. The quantitative estimate of drug-likeness (QED) is 0.701. The number of aromatic nitrogens is 2. The minimum absolute atomic E-state index is 0.105. The van der Waals surface area contributed by atoms with Gasteiger partial charge in [0.2, 0.25) is 11.8 Å². The molecule has 6 heteroatoms. The molecule has 1 aliphatic carbocycles. The van der Waals surface area contributed by atoms with Crippen molar-refractivity contribution < 1.29 is 9.21 Å². The van der Waals surface area contributed by atoms with E-state index in [0.717, 1.165) is 19.4 Å². The number of nitrogens with zero attached hydrogens (tertiary/aromatic N) is 2. The Hall–Kier alpha value is -1.43. The first-order valence-electron chi connectivity index (χ1n) is 5.63. The summed E-state index contributed by atoms with van der Waals surface area (Å²) in [5, 5.41) is 13.3. The Morgan fingerprint density at radius 3 is 3.00 bits per heavy atom. The summed E-state index contributed by atoms with van der Waals surface area (Å²) in [4.78, 5) is 11.4. The fourth-order valence-corrected chi connectivity index (χ4v) is 1.34. The van der Waals surface area contributed by atoms with Gasteiger partial charge in [-0.25, -0.2) is 0 Å². The summed E-state index contributed by atoms with van der Waals surface area (Å²) in [7, 11) is 0. The molecule has 0 bridgehead atoms. The van der Waals surface area contributed by atoms with Gasteiger partial charge in [0, 0.05) is 18.9 Å². The van der Waals surface area contributed by atoms with E-state index in [0.29, 0.717) is 24.8 Å². The number of anilines is 1. The molecule has 2 N–H and O–H groups in total. The zero-order valence-electron chi connectivity index (χ0n) is 9.32. The van der Waals surface area contributed by atoms with Gasteiger partial charge in [0.1, 0.15) is 0 Å². The second kappa shape index (κ2) is 5.07. The molecule has 1 heterocycles. The topological polar surface area (TPSA) is 80.0 Å². The van der Waals surface area contributed by atoms with Gasteiger partial charge in [-0.15, -0.1) is 5.10 Å². The fourth-order valence-electron chi connectivity index (χ4n) is 1.34. The molecule has 88 valence electrons. The summed E-state index contributed by atoms with van der Waals surface area (Å²) in [5.74, 6) is 0.953. The Labute approximate surface area is 93.8 Å². The van der Waals surface area contributed by atoms with Crippen LogP contribution in [0.25, 0.3) is 0 Å². The third-order valence-corrected chi connectivity index (χ3v) is 2.39. The summed E-state index contributed by atoms with van der Waals surface area (Å²) in [6.45, 7) is 3.52. The Kier molecular flexibility index (Phi) is 3.51. The highest BCUT2D eigenvalue weighted by molar-refractivity contribution is 5.88. The van der Waals surface area contributed by atoms with Gasteiger partial charge >= 0.3 is 6.01 Å². The van der Waals surface area contributed by atoms with Gasteiger partial charge in [-0.2, -0.15) is 0 Å². The lowest BCUT2D eigenvalue weighted by Crippen LogP contribution is -2.21. The molecule has 1 aromatic rings. The smallest absolute Gasteiger partial charge is 0.322 e. The van der Waals surface area contributed by atoms with E-state index in [9.17, 15) is 4.79 Å². The first kappa shape index (κ1) is 11.1. The third-order valence-electron chi connectivity index (χ3n) is 2.39. The maximum Gasteiger partial charge on any atom is 0.322 e. The van der Waals surface area contributed by atoms with Gasteiger partial charge in [0.15, 0.2) is 0 Å². The Bertz CT molecular complexity index is 359. The van der Waals surface area contributed by atoms with E-state index < -0.39 is 0 Å². The monoisotopic (exact) mass is 224 g/mol. The van der Waals surface area contributed by atoms with Crippen molar-refractivity contribution in [3.63, 3.8) is 0 Å². The van der Waals surface area contributed by atoms with Crippen molar-refractivity contribution in [2.45, 2.75) is 32.1 Å². The molecule has 0 aliphatic heterocycles. The summed E-state index contributed by atoms with van der Waals surface area (Å²) in [5.41, 5.74) is 0. The van der Waals surface area contributed by atoms with Crippen molar-refractivity contribution >= 4 is 11.9 Å². The largest absolute Gasteiger partial charge is 0.408 e. The lowest BCUT2D eigenvalue weighted by molar-refractivity contribution is -0.116. The molecule has 1 aromatic heterocycles. The minimum Gasteiger partial charge on any atom is -0.408 e. The normalized spacial score (nSPS) is 15.1. The lowest BCUT2D eigenvalue weighted by Gasteiger charge is -2.00. The Balaban J connectivity index is 1.76. The van der Waals surface area contributed by atoms with Gasteiger partial charge in [-0.1, -0.05) is 12.0 Å². The summed E-state index contributed by atoms with van der Waals surface area (Å²) in [6.07, 6.45) is 2.63. The van der Waals surface area contributed by atoms with Crippen molar-refractivity contribution in [3.8, 4) is 0 Å².